The van der Waals surface area contributed by atoms with Crippen LogP contribution in [0.3, 0.4) is 0 Å². The molecule has 0 N–H and O–H groups in total. The highest BCUT2D eigenvalue weighted by atomic mass is 79.9. The van der Waals surface area contributed by atoms with Gasteiger partial charge in [0.25, 0.3) is 0 Å². The Morgan fingerprint density at radius 2 is 2.00 bits per heavy atom. The molecule has 0 rings (SSSR count). The number of hydrogen-bond donors (Lipinski definition) is 0. The summed E-state index contributed by atoms with van der Waals surface area (Å²) in [6.07, 6.45) is 1.29. The van der Waals surface area contributed by atoms with Crippen LogP contribution in [0.5, 0.6) is 0 Å². The molecule has 0 aliphatic heterocycles. The van der Waals surface area contributed by atoms with Gasteiger partial charge in [0.05, 0.1) is 0 Å². The van der Waals surface area contributed by atoms with Gasteiger partial charge in [0.2, 0.25) is 0 Å². The van der Waals surface area contributed by atoms with Gasteiger partial charge in [-0.25, -0.2) is 0 Å². The summed E-state index contributed by atoms with van der Waals surface area (Å²) in [4.78, 5) is 2.22. The van der Waals surface area contributed by atoms with Crippen molar-refractivity contribution in [3.05, 3.63) is 0 Å². The molecule has 0 aliphatic carbocycles. The molecule has 0 bridgehead atoms. The molecule has 0 heterocycles. The van der Waals surface area contributed by atoms with Crippen molar-refractivity contribution in [2.24, 2.45) is 5.92 Å². The van der Waals surface area contributed by atoms with Crippen molar-refractivity contribution < 1.29 is 0 Å². The van der Waals surface area contributed by atoms with Gasteiger partial charge >= 0.3 is 0 Å². The molecular weight excluding hydrogens is 178 g/mol. The van der Waals surface area contributed by atoms with Gasteiger partial charge in [-0.05, 0) is 33.0 Å². The van der Waals surface area contributed by atoms with Crippen LogP contribution >= 0.6 is 15.9 Å². The van der Waals surface area contributed by atoms with Gasteiger partial charge in [-0.3, -0.25) is 0 Å². The molecule has 0 saturated carbocycles. The molecule has 0 aliphatic rings. The summed E-state index contributed by atoms with van der Waals surface area (Å²) in [5.74, 6) is 0.812. The third-order valence-corrected chi connectivity index (χ3v) is 2.44. The van der Waals surface area contributed by atoms with Gasteiger partial charge in [-0.2, -0.15) is 0 Å². The summed E-state index contributed by atoms with van der Waals surface area (Å²) in [5.41, 5.74) is 0. The zero-order valence-electron chi connectivity index (χ0n) is 6.52. The van der Waals surface area contributed by atoms with E-state index in [9.17, 15) is 0 Å². The van der Waals surface area contributed by atoms with E-state index in [1.165, 1.54) is 13.0 Å². The molecule has 0 aromatic heterocycles. The van der Waals surface area contributed by atoms with Gasteiger partial charge in [0.1, 0.15) is 0 Å². The van der Waals surface area contributed by atoms with Crippen LogP contribution in [0.15, 0.2) is 0 Å². The van der Waals surface area contributed by atoms with Crippen molar-refractivity contribution in [2.75, 3.05) is 26.0 Å². The Hall–Kier alpha value is 0.440. The van der Waals surface area contributed by atoms with Crippen LogP contribution < -0.4 is 0 Å². The molecule has 9 heavy (non-hydrogen) atoms. The Bertz CT molecular complexity index is 63.9. The summed E-state index contributed by atoms with van der Waals surface area (Å²) in [7, 11) is 4.22. The Morgan fingerprint density at radius 3 is 2.33 bits per heavy atom. The average Bonchev–Trinajstić information content (AvgIpc) is 1.83. The lowest BCUT2D eigenvalue weighted by Gasteiger charge is -2.11. The van der Waals surface area contributed by atoms with Crippen LogP contribution in [-0.2, 0) is 0 Å². The highest BCUT2D eigenvalue weighted by Crippen LogP contribution is 2.04. The zero-order chi connectivity index (χ0) is 7.28. The highest BCUT2D eigenvalue weighted by molar-refractivity contribution is 9.09. The zero-order valence-corrected chi connectivity index (χ0v) is 8.11. The molecule has 0 fully saturated rings. The fraction of sp³-hybridized carbons (Fsp3) is 1.00. The predicted molar refractivity (Wildman–Crippen MR) is 46.1 cm³/mol. The van der Waals surface area contributed by atoms with E-state index in [4.69, 9.17) is 0 Å². The molecular formula is C7H16BrN. The smallest absolute Gasteiger partial charge is 0.00575 e. The Kier molecular flexibility index (Phi) is 5.50. The Balaban J connectivity index is 3.06. The van der Waals surface area contributed by atoms with Crippen molar-refractivity contribution >= 4 is 15.9 Å². The average molecular weight is 194 g/mol. The number of halogens is 1. The van der Waals surface area contributed by atoms with E-state index in [0.717, 1.165) is 11.2 Å². The molecule has 0 aromatic carbocycles. The minimum atomic E-state index is 0.812. The molecule has 2 heteroatoms. The maximum atomic E-state index is 3.45. The van der Waals surface area contributed by atoms with Crippen LogP contribution in [0.25, 0.3) is 0 Å². The molecule has 1 unspecified atom stereocenters. The van der Waals surface area contributed by atoms with Crippen LogP contribution in [0.1, 0.15) is 13.3 Å². The lowest BCUT2D eigenvalue weighted by atomic mass is 10.1. The van der Waals surface area contributed by atoms with E-state index < -0.39 is 0 Å². The van der Waals surface area contributed by atoms with Gasteiger partial charge in [0, 0.05) is 5.33 Å². The van der Waals surface area contributed by atoms with E-state index in [-0.39, 0.29) is 0 Å². The second-order valence-corrected chi connectivity index (χ2v) is 3.50. The van der Waals surface area contributed by atoms with E-state index in [1.54, 1.807) is 0 Å². The topological polar surface area (TPSA) is 3.24 Å². The Labute approximate surface area is 66.6 Å². The van der Waals surface area contributed by atoms with Crippen molar-refractivity contribution in [3.8, 4) is 0 Å². The first-order valence-corrected chi connectivity index (χ1v) is 4.49. The van der Waals surface area contributed by atoms with Crippen molar-refractivity contribution in [3.63, 3.8) is 0 Å². The van der Waals surface area contributed by atoms with Crippen molar-refractivity contribution in [2.45, 2.75) is 13.3 Å². The molecule has 0 saturated heterocycles. The molecule has 1 atom stereocenters. The molecule has 1 nitrogen and oxygen atoms in total. The maximum absolute atomic E-state index is 3.45. The fourth-order valence-corrected chi connectivity index (χ4v) is 0.879. The third-order valence-electron chi connectivity index (χ3n) is 1.33. The molecule has 0 radical (unpaired) electrons. The van der Waals surface area contributed by atoms with E-state index in [0.29, 0.717) is 0 Å². The second-order valence-electron chi connectivity index (χ2n) is 2.85. The van der Waals surface area contributed by atoms with Crippen molar-refractivity contribution in [1.82, 2.24) is 4.90 Å². The van der Waals surface area contributed by atoms with Gasteiger partial charge in [0.15, 0.2) is 0 Å². The van der Waals surface area contributed by atoms with E-state index >= 15 is 0 Å². The SMILES string of the molecule is CC(CBr)CCN(C)C. The fourth-order valence-electron chi connectivity index (χ4n) is 0.556. The standard InChI is InChI=1S/C7H16BrN/c1-7(6-8)4-5-9(2)3/h7H,4-6H2,1-3H3. The molecule has 0 spiro atoms. The molecule has 56 valence electrons. The van der Waals surface area contributed by atoms with Gasteiger partial charge in [-0.1, -0.05) is 22.9 Å². The third kappa shape index (κ3) is 6.32. The second kappa shape index (κ2) is 5.24. The predicted octanol–water partition coefficient (Wildman–Crippen LogP) is 1.97. The molecule has 0 aromatic rings. The minimum Gasteiger partial charge on any atom is -0.309 e. The number of nitrogens with zero attached hydrogens (tertiary/aromatic N) is 1. The van der Waals surface area contributed by atoms with Crippen LogP contribution in [0.2, 0.25) is 0 Å². The first-order valence-electron chi connectivity index (χ1n) is 3.37. The molecule has 0 amide bonds. The largest absolute Gasteiger partial charge is 0.309 e. The van der Waals surface area contributed by atoms with Gasteiger partial charge < -0.3 is 4.90 Å². The van der Waals surface area contributed by atoms with Gasteiger partial charge in [-0.15, -0.1) is 0 Å². The van der Waals surface area contributed by atoms with Crippen LogP contribution in [-0.4, -0.2) is 30.9 Å². The van der Waals surface area contributed by atoms with E-state index in [2.05, 4.69) is 41.8 Å². The summed E-state index contributed by atoms with van der Waals surface area (Å²) >= 11 is 3.45. The maximum Gasteiger partial charge on any atom is 0.00575 e. The first-order chi connectivity index (χ1) is 4.16. The van der Waals surface area contributed by atoms with Crippen LogP contribution in [0, 0.1) is 5.92 Å². The number of alkyl halides is 1. The highest BCUT2D eigenvalue weighted by Gasteiger charge is 1.98. The van der Waals surface area contributed by atoms with E-state index in [1.807, 2.05) is 0 Å². The number of hydrogen-bond acceptors (Lipinski definition) is 1. The number of rotatable bonds is 4. The minimum absolute atomic E-state index is 0.812. The lowest BCUT2D eigenvalue weighted by Crippen LogP contribution is -2.15. The Morgan fingerprint density at radius 1 is 1.44 bits per heavy atom. The normalized spacial score (nSPS) is 14.3. The summed E-state index contributed by atoms with van der Waals surface area (Å²) in [6.45, 7) is 3.46. The van der Waals surface area contributed by atoms with Crippen molar-refractivity contribution in [1.29, 1.82) is 0 Å². The summed E-state index contributed by atoms with van der Waals surface area (Å²) < 4.78 is 0. The first kappa shape index (κ1) is 9.44. The lowest BCUT2D eigenvalue weighted by molar-refractivity contribution is 0.372. The monoisotopic (exact) mass is 193 g/mol. The summed E-state index contributed by atoms with van der Waals surface area (Å²) in [5, 5.41) is 1.13. The quantitative estimate of drug-likeness (QED) is 0.618. The van der Waals surface area contributed by atoms with Crippen LogP contribution in [0.4, 0.5) is 0 Å². The summed E-state index contributed by atoms with van der Waals surface area (Å²) in [6, 6.07) is 0.